The first kappa shape index (κ1) is 96.1. The van der Waals surface area contributed by atoms with E-state index >= 15 is 4.79 Å². The molecule has 2 heterocycles. The van der Waals surface area contributed by atoms with E-state index in [2.05, 4.69) is 98.9 Å². The monoisotopic (exact) mass is 1600 g/mol. The third-order valence-corrected chi connectivity index (χ3v) is 23.7. The van der Waals surface area contributed by atoms with Crippen molar-refractivity contribution in [3.05, 3.63) is 59.7 Å². The van der Waals surface area contributed by atoms with Gasteiger partial charge < -0.3 is 78.1 Å². The number of carbonyl (C=O) groups excluding carboxylic acids is 11. The van der Waals surface area contributed by atoms with Gasteiger partial charge in [0.25, 0.3) is 11.8 Å². The number of carbonyl (C=O) groups is 11. The van der Waals surface area contributed by atoms with Crippen molar-refractivity contribution in [3.63, 3.8) is 0 Å². The number of unbranched alkanes of at least 4 members (excludes halogenated alkanes) is 8. The number of benzene rings is 2. The number of rotatable bonds is 52. The van der Waals surface area contributed by atoms with Crippen molar-refractivity contribution in [2.24, 2.45) is 5.92 Å². The smallest absolute Gasteiger partial charge is 0.252 e. The Kier molecular flexibility index (Phi) is 43.0. The number of likely N-dealkylation sites (N-methyl/N-ethyl adjacent to an activating group) is 2. The molecule has 11 N–H and O–H groups in total. The Bertz CT molecular complexity index is 3310. The van der Waals surface area contributed by atoms with Crippen molar-refractivity contribution in [1.82, 2.24) is 68.3 Å². The van der Waals surface area contributed by atoms with E-state index in [9.17, 15) is 47.9 Å². The molecule has 26 nitrogen and oxygen atoms in total. The lowest BCUT2D eigenvalue weighted by Gasteiger charge is -2.38. The summed E-state index contributed by atoms with van der Waals surface area (Å²) in [5, 5.41) is 33.8. The van der Waals surface area contributed by atoms with Gasteiger partial charge in [-0.2, -0.15) is 0 Å². The lowest BCUT2D eigenvalue weighted by Crippen LogP contribution is -2.62. The summed E-state index contributed by atoms with van der Waals surface area (Å²) in [6.45, 7) is 31.8. The van der Waals surface area contributed by atoms with Crippen LogP contribution in [-0.2, 0) is 43.2 Å². The third-order valence-electron chi connectivity index (χ3n) is 23.7. The molecule has 4 aliphatic rings. The molecule has 4 fully saturated rings. The van der Waals surface area contributed by atoms with E-state index in [1.54, 1.807) is 13.8 Å². The highest BCUT2D eigenvalue weighted by Gasteiger charge is 2.45. The van der Waals surface area contributed by atoms with Crippen LogP contribution in [0.4, 0.5) is 11.4 Å². The molecule has 2 saturated heterocycles. The Hall–Kier alpha value is -7.71. The first-order valence-corrected chi connectivity index (χ1v) is 44.9. The molecule has 0 radical (unpaired) electrons. The summed E-state index contributed by atoms with van der Waals surface area (Å²) < 4.78 is 0. The summed E-state index contributed by atoms with van der Waals surface area (Å²) in [6, 6.07) is 8.42. The van der Waals surface area contributed by atoms with Crippen molar-refractivity contribution in [3.8, 4) is 0 Å². The first-order chi connectivity index (χ1) is 55.4. The number of Topliss-reactive ketones (excluding diaryl/α,β-unsaturated/α-hetero) is 1. The molecule has 0 bridgehead atoms. The van der Waals surface area contributed by atoms with Crippen LogP contribution in [0.3, 0.4) is 0 Å². The highest BCUT2D eigenvalue weighted by atomic mass is 16.2. The van der Waals surface area contributed by atoms with Crippen molar-refractivity contribution < 1.29 is 52.7 Å². The van der Waals surface area contributed by atoms with E-state index in [4.69, 9.17) is 0 Å². The van der Waals surface area contributed by atoms with E-state index in [0.29, 0.717) is 114 Å². The van der Waals surface area contributed by atoms with E-state index in [-0.39, 0.29) is 73.7 Å². The van der Waals surface area contributed by atoms with Crippen molar-refractivity contribution in [2.45, 2.75) is 341 Å². The van der Waals surface area contributed by atoms with Crippen LogP contribution >= 0.6 is 0 Å². The van der Waals surface area contributed by atoms with Gasteiger partial charge >= 0.3 is 0 Å². The number of amides is 10. The summed E-state index contributed by atoms with van der Waals surface area (Å²) in [5.41, 5.74) is 0.622. The van der Waals surface area contributed by atoms with Gasteiger partial charge in [-0.3, -0.25) is 52.7 Å². The van der Waals surface area contributed by atoms with Crippen LogP contribution in [0.2, 0.25) is 0 Å². The van der Waals surface area contributed by atoms with E-state index < -0.39 is 88.8 Å². The fourth-order valence-electron chi connectivity index (χ4n) is 16.4. The molecular weight excluding hydrogens is 1460 g/mol. The molecule has 2 aromatic rings. The zero-order valence-corrected chi connectivity index (χ0v) is 72.2. The average molecular weight is 1610 g/mol. The molecule has 2 aliphatic heterocycles. The molecule has 115 heavy (non-hydrogen) atoms. The highest BCUT2D eigenvalue weighted by molar-refractivity contribution is 6.02. The summed E-state index contributed by atoms with van der Waals surface area (Å²) in [7, 11) is 0. The Balaban J connectivity index is 1.11. The second-order valence-electron chi connectivity index (χ2n) is 33.5. The molecule has 0 spiro atoms. The van der Waals surface area contributed by atoms with Gasteiger partial charge in [-0.1, -0.05) is 185 Å². The van der Waals surface area contributed by atoms with E-state index in [1.807, 2.05) is 90.1 Å². The lowest BCUT2D eigenvalue weighted by atomic mass is 9.80. The van der Waals surface area contributed by atoms with Crippen LogP contribution in [0.15, 0.2) is 48.5 Å². The van der Waals surface area contributed by atoms with Crippen molar-refractivity contribution >= 4 is 76.2 Å². The van der Waals surface area contributed by atoms with Crippen LogP contribution in [0.1, 0.15) is 302 Å². The second-order valence-corrected chi connectivity index (χ2v) is 33.5. The van der Waals surface area contributed by atoms with Gasteiger partial charge in [0.05, 0.1) is 12.1 Å². The normalized spacial score (nSPS) is 17.6. The largest absolute Gasteiger partial charge is 0.369 e. The molecule has 646 valence electrons. The fraction of sp³-hybridized carbons (Fsp3) is 0.742. The first-order valence-electron chi connectivity index (χ1n) is 44.9. The van der Waals surface area contributed by atoms with Crippen molar-refractivity contribution in [1.29, 1.82) is 0 Å². The SMILES string of the molecule is CCCCCC(NC(=O)C(CCCCNC(=O)[C@H](CCC)NC(=O)C1(NC(=O)c2ccc(N3CCN(CC)CC3)cc2)CCCCC1)NC(C)C)C(=O)NC(CCCCNC(=O)[C@H](CCC)NC(=O)C1(NC(=O)c2ccc(N3CCN(CC)CC3)cc2)CCCCC1)C(=O)NC(CCCCC)C(=O)NC(CCCCC)C(=O)C(C)C. The number of nitrogens with zero attached hydrogens (tertiary/aromatic N) is 4. The molecule has 6 rings (SSSR count). The zero-order valence-electron chi connectivity index (χ0n) is 72.2. The molecule has 2 aromatic carbocycles. The molecule has 5 unspecified atom stereocenters. The van der Waals surface area contributed by atoms with E-state index in [0.717, 1.165) is 160 Å². The summed E-state index contributed by atoms with van der Waals surface area (Å²) >= 11 is 0. The number of nitrogens with one attached hydrogen (secondary N) is 11. The maximum atomic E-state index is 15.0. The quantitative estimate of drug-likeness (QED) is 0.0274. The van der Waals surface area contributed by atoms with Crippen LogP contribution in [0.25, 0.3) is 0 Å². The summed E-state index contributed by atoms with van der Waals surface area (Å²) in [5.74, 6) is -4.71. The van der Waals surface area contributed by atoms with Gasteiger partial charge in [-0.25, -0.2) is 0 Å². The predicted molar refractivity (Wildman–Crippen MR) is 458 cm³/mol. The van der Waals surface area contributed by atoms with Gasteiger partial charge in [-0.05, 0) is 158 Å². The number of hydrogen-bond donors (Lipinski definition) is 11. The number of piperazine rings is 2. The third kappa shape index (κ3) is 31.6. The second kappa shape index (κ2) is 51.5. The number of anilines is 2. The standard InChI is InChI=1S/C89H149N15O11/c1-12-19-24-37-70(77(105)64(8)9)93-83(111)74(38-25-20-13-2)95-85(113)76(41-28-34-55-91-81(109)72(36-16-5)98-87(115)89(52-31-23-32-53-89)100-79(107)67-44-48-69(49-45-67)104-62-58-102(18-7)59-63-104)96-84(112)75(39-26-21-14-3)94-82(110)73(92-65(10)11)40-27-33-54-90-80(108)71(35-15-4)97-86(114)88(50-29-22-30-51-88)99-78(106)66-42-46-68(47-43-66)103-60-56-101(17-6)57-61-103/h42-49,64-65,70-76,92H,12-41,50-63H2,1-11H3,(H,90,108)(H,91,109)(H,93,111)(H,94,110)(H,95,113)(H,96,112)(H,97,114)(H,98,115)(H,99,106)(H,100,107)/t70?,71-,72-,73?,74?,75?,76?/m0/s1. The molecule has 0 aromatic heterocycles. The number of ketones is 1. The minimum absolute atomic E-state index is 0.0832. The Morgan fingerprint density at radius 2 is 0.652 bits per heavy atom. The molecule has 10 amide bonds. The summed E-state index contributed by atoms with van der Waals surface area (Å²) in [4.78, 5) is 167. The molecule has 7 atom stereocenters. The lowest BCUT2D eigenvalue weighted by molar-refractivity contribution is -0.135. The maximum absolute atomic E-state index is 15.0. The minimum Gasteiger partial charge on any atom is -0.369 e. The molecule has 26 heteroatoms. The van der Waals surface area contributed by atoms with Gasteiger partial charge in [-0.15, -0.1) is 0 Å². The van der Waals surface area contributed by atoms with Crippen LogP contribution < -0.4 is 68.3 Å². The average Bonchev–Trinajstić information content (AvgIpc) is 0.801. The van der Waals surface area contributed by atoms with Crippen molar-refractivity contribution in [2.75, 3.05) is 88.3 Å². The Morgan fingerprint density at radius 3 is 0.974 bits per heavy atom. The fourth-order valence-corrected chi connectivity index (χ4v) is 16.4. The van der Waals surface area contributed by atoms with Crippen LogP contribution in [0.5, 0.6) is 0 Å². The molecular formula is C89H149N15O11. The van der Waals surface area contributed by atoms with Gasteiger partial charge in [0.1, 0.15) is 41.3 Å². The predicted octanol–water partition coefficient (Wildman–Crippen LogP) is 9.95. The Labute approximate surface area is 688 Å². The maximum Gasteiger partial charge on any atom is 0.252 e. The summed E-state index contributed by atoms with van der Waals surface area (Å²) in [6.07, 6.45) is 18.6. The highest BCUT2D eigenvalue weighted by Crippen LogP contribution is 2.32. The van der Waals surface area contributed by atoms with Crippen LogP contribution in [-0.4, -0.2) is 213 Å². The zero-order chi connectivity index (χ0) is 83.7. The number of hydrogen-bond acceptors (Lipinski definition) is 16. The Morgan fingerprint density at radius 1 is 0.339 bits per heavy atom. The van der Waals surface area contributed by atoms with Crippen LogP contribution in [0, 0.1) is 5.92 Å². The molecule has 2 aliphatic carbocycles. The van der Waals surface area contributed by atoms with E-state index in [1.165, 1.54) is 0 Å². The van der Waals surface area contributed by atoms with Gasteiger partial charge in [0.15, 0.2) is 5.78 Å². The minimum atomic E-state index is -1.21. The topological polar surface area (TPSA) is 333 Å². The molecule has 2 saturated carbocycles. The van der Waals surface area contributed by atoms with Gasteiger partial charge in [0, 0.05) is 99.9 Å². The van der Waals surface area contributed by atoms with Gasteiger partial charge in [0.2, 0.25) is 47.3 Å².